The van der Waals surface area contributed by atoms with Crippen molar-refractivity contribution in [2.24, 2.45) is 11.8 Å². The van der Waals surface area contributed by atoms with Crippen LogP contribution in [0.4, 0.5) is 0 Å². The zero-order chi connectivity index (χ0) is 22.8. The summed E-state index contributed by atoms with van der Waals surface area (Å²) in [4.78, 5) is 46.8. The molecule has 5 nitrogen and oxygen atoms in total. The molecule has 0 rings (SSSR count). The van der Waals surface area contributed by atoms with Crippen molar-refractivity contribution in [1.29, 1.82) is 0 Å². The first-order valence-corrected chi connectivity index (χ1v) is 12.1. The number of hydrogen-bond donors (Lipinski definition) is 1. The van der Waals surface area contributed by atoms with Crippen LogP contribution in [0.25, 0.3) is 0 Å². The highest BCUT2D eigenvalue weighted by molar-refractivity contribution is 5.80. The average Bonchev–Trinajstić information content (AvgIpc) is 2.69. The largest absolute Gasteiger partial charge is 0.356 e. The van der Waals surface area contributed by atoms with Gasteiger partial charge in [-0.25, -0.2) is 0 Å². The molecule has 0 unspecified atom stereocenters. The fourth-order valence-electron chi connectivity index (χ4n) is 3.20. The second-order valence-corrected chi connectivity index (χ2v) is 9.06. The van der Waals surface area contributed by atoms with Crippen molar-refractivity contribution in [1.82, 2.24) is 5.32 Å². The summed E-state index contributed by atoms with van der Waals surface area (Å²) in [6.45, 7) is 8.39. The number of rotatable bonds is 20. The number of Topliss-reactive ketones (excluding diaryl/α,β-unsaturated/α-hetero) is 3. The van der Waals surface area contributed by atoms with Crippen LogP contribution in [0.1, 0.15) is 118 Å². The molecule has 0 aromatic rings. The fourth-order valence-corrected chi connectivity index (χ4v) is 3.20. The SMILES string of the molecule is CC(C)C(=O)CCCCCCC(=O)CCCCC(=O)NCCCCCC(=O)C(C)C. The van der Waals surface area contributed by atoms with Crippen molar-refractivity contribution in [3.63, 3.8) is 0 Å². The van der Waals surface area contributed by atoms with Crippen LogP contribution in [0.5, 0.6) is 0 Å². The van der Waals surface area contributed by atoms with E-state index in [4.69, 9.17) is 0 Å². The minimum absolute atomic E-state index is 0.0525. The number of ketones is 3. The Morgan fingerprint density at radius 3 is 1.43 bits per heavy atom. The summed E-state index contributed by atoms with van der Waals surface area (Å²) in [6, 6.07) is 0. The van der Waals surface area contributed by atoms with Gasteiger partial charge in [0.25, 0.3) is 0 Å². The lowest BCUT2D eigenvalue weighted by Gasteiger charge is -2.06. The van der Waals surface area contributed by atoms with Crippen LogP contribution in [0.2, 0.25) is 0 Å². The van der Waals surface area contributed by atoms with Gasteiger partial charge in [0.2, 0.25) is 5.91 Å². The Labute approximate surface area is 184 Å². The van der Waals surface area contributed by atoms with Gasteiger partial charge in [-0.15, -0.1) is 0 Å². The molecule has 0 aliphatic rings. The van der Waals surface area contributed by atoms with Crippen LogP contribution in [0, 0.1) is 11.8 Å². The van der Waals surface area contributed by atoms with Gasteiger partial charge >= 0.3 is 0 Å². The lowest BCUT2D eigenvalue weighted by Crippen LogP contribution is -2.24. The van der Waals surface area contributed by atoms with E-state index in [0.717, 1.165) is 57.8 Å². The molecule has 1 N–H and O–H groups in total. The molecule has 0 saturated carbocycles. The number of nitrogens with one attached hydrogen (secondary N) is 1. The molecule has 0 aromatic carbocycles. The third kappa shape index (κ3) is 17.3. The first-order chi connectivity index (χ1) is 14.2. The normalized spacial score (nSPS) is 11.1. The van der Waals surface area contributed by atoms with E-state index in [0.29, 0.717) is 50.2 Å². The molecule has 0 spiro atoms. The minimum atomic E-state index is 0.0525. The highest BCUT2D eigenvalue weighted by Crippen LogP contribution is 2.11. The number of unbranched alkanes of at least 4 members (excludes halogenated alkanes) is 6. The second-order valence-electron chi connectivity index (χ2n) is 9.06. The standard InChI is InChI=1S/C25H45NO4/c1-20(2)23(28)16-9-6-5-8-14-22(27)15-11-12-18-25(30)26-19-13-7-10-17-24(29)21(3)4/h20-21H,5-19H2,1-4H3,(H,26,30). The van der Waals surface area contributed by atoms with Gasteiger partial charge in [-0.2, -0.15) is 0 Å². The molecule has 0 aromatic heterocycles. The number of carbonyl (C=O) groups excluding carboxylic acids is 4. The van der Waals surface area contributed by atoms with Crippen LogP contribution >= 0.6 is 0 Å². The van der Waals surface area contributed by atoms with E-state index in [-0.39, 0.29) is 23.5 Å². The van der Waals surface area contributed by atoms with E-state index in [1.807, 2.05) is 27.7 Å². The third-order valence-corrected chi connectivity index (χ3v) is 5.45. The molecule has 0 heterocycles. The molecular weight excluding hydrogens is 378 g/mol. The van der Waals surface area contributed by atoms with E-state index in [1.54, 1.807) is 0 Å². The average molecular weight is 424 g/mol. The minimum Gasteiger partial charge on any atom is -0.356 e. The van der Waals surface area contributed by atoms with E-state index in [1.165, 1.54) is 0 Å². The van der Waals surface area contributed by atoms with Gasteiger partial charge in [0.1, 0.15) is 17.3 Å². The molecule has 0 fully saturated rings. The van der Waals surface area contributed by atoms with E-state index in [9.17, 15) is 19.2 Å². The van der Waals surface area contributed by atoms with Gasteiger partial charge in [0, 0.05) is 50.5 Å². The number of carbonyl (C=O) groups is 4. The summed E-state index contributed by atoms with van der Waals surface area (Å²) >= 11 is 0. The maximum Gasteiger partial charge on any atom is 0.219 e. The second kappa shape index (κ2) is 18.3. The Morgan fingerprint density at radius 1 is 0.533 bits per heavy atom. The molecule has 0 aliphatic carbocycles. The van der Waals surface area contributed by atoms with Crippen molar-refractivity contribution >= 4 is 23.3 Å². The number of hydrogen-bond acceptors (Lipinski definition) is 4. The van der Waals surface area contributed by atoms with Crippen LogP contribution in [-0.2, 0) is 19.2 Å². The van der Waals surface area contributed by atoms with Crippen molar-refractivity contribution in [2.45, 2.75) is 118 Å². The Balaban J connectivity index is 3.47. The monoisotopic (exact) mass is 423 g/mol. The van der Waals surface area contributed by atoms with E-state index in [2.05, 4.69) is 5.32 Å². The van der Waals surface area contributed by atoms with Crippen LogP contribution in [0.15, 0.2) is 0 Å². The molecule has 0 atom stereocenters. The highest BCUT2D eigenvalue weighted by atomic mass is 16.2. The van der Waals surface area contributed by atoms with Crippen LogP contribution in [-0.4, -0.2) is 29.8 Å². The summed E-state index contributed by atoms with van der Waals surface area (Å²) in [5, 5.41) is 2.92. The molecular formula is C25H45NO4. The van der Waals surface area contributed by atoms with Gasteiger partial charge in [-0.3, -0.25) is 19.2 Å². The maximum atomic E-state index is 11.9. The summed E-state index contributed by atoms with van der Waals surface area (Å²) < 4.78 is 0. The Kier molecular flexibility index (Phi) is 17.3. The first-order valence-electron chi connectivity index (χ1n) is 12.1. The third-order valence-electron chi connectivity index (χ3n) is 5.45. The highest BCUT2D eigenvalue weighted by Gasteiger charge is 2.08. The van der Waals surface area contributed by atoms with Gasteiger partial charge in [-0.1, -0.05) is 47.0 Å². The molecule has 174 valence electrons. The molecule has 0 bridgehead atoms. The molecule has 0 aliphatic heterocycles. The van der Waals surface area contributed by atoms with Gasteiger partial charge in [0.05, 0.1) is 0 Å². The summed E-state index contributed by atoms with van der Waals surface area (Å²) in [6.07, 6.45) is 11.1. The first kappa shape index (κ1) is 28.5. The summed E-state index contributed by atoms with van der Waals surface area (Å²) in [7, 11) is 0. The molecule has 0 saturated heterocycles. The van der Waals surface area contributed by atoms with Crippen LogP contribution in [0.3, 0.4) is 0 Å². The molecule has 1 amide bonds. The zero-order valence-electron chi connectivity index (χ0n) is 19.9. The van der Waals surface area contributed by atoms with Crippen molar-refractivity contribution in [2.75, 3.05) is 6.54 Å². The van der Waals surface area contributed by atoms with Crippen LogP contribution < -0.4 is 5.32 Å². The molecule has 5 heteroatoms. The Bertz CT molecular complexity index is 465. The van der Waals surface area contributed by atoms with Gasteiger partial charge < -0.3 is 5.32 Å². The lowest BCUT2D eigenvalue weighted by atomic mass is 10.0. The Hall–Kier alpha value is -1.52. The fraction of sp³-hybridized carbons (Fsp3) is 0.840. The topological polar surface area (TPSA) is 80.3 Å². The van der Waals surface area contributed by atoms with Crippen molar-refractivity contribution in [3.05, 3.63) is 0 Å². The summed E-state index contributed by atoms with van der Waals surface area (Å²) in [5.41, 5.74) is 0. The van der Waals surface area contributed by atoms with Gasteiger partial charge in [-0.05, 0) is 38.5 Å². The van der Waals surface area contributed by atoms with Crippen molar-refractivity contribution < 1.29 is 19.2 Å². The lowest BCUT2D eigenvalue weighted by molar-refractivity contribution is -0.122. The summed E-state index contributed by atoms with van der Waals surface area (Å²) in [5.74, 6) is 1.21. The quantitative estimate of drug-likeness (QED) is 0.259. The predicted octanol–water partition coefficient (Wildman–Crippen LogP) is 5.58. The molecule has 30 heavy (non-hydrogen) atoms. The molecule has 0 radical (unpaired) electrons. The number of amides is 1. The zero-order valence-corrected chi connectivity index (χ0v) is 19.9. The Morgan fingerprint density at radius 2 is 0.933 bits per heavy atom. The van der Waals surface area contributed by atoms with Crippen molar-refractivity contribution in [3.8, 4) is 0 Å². The predicted molar refractivity (Wildman–Crippen MR) is 122 cm³/mol. The maximum absolute atomic E-state index is 11.9. The smallest absolute Gasteiger partial charge is 0.219 e. The van der Waals surface area contributed by atoms with Gasteiger partial charge in [0.15, 0.2) is 0 Å². The van der Waals surface area contributed by atoms with E-state index >= 15 is 0 Å². The van der Waals surface area contributed by atoms with E-state index < -0.39 is 0 Å².